The molecule has 2 heterocycles. The van der Waals surface area contributed by atoms with E-state index in [1.54, 1.807) is 31.2 Å². The Labute approximate surface area is 225 Å². The van der Waals surface area contributed by atoms with Crippen LogP contribution in [0.2, 0.25) is 0 Å². The van der Waals surface area contributed by atoms with Crippen LogP contribution in [-0.2, 0) is 22.6 Å². The number of aliphatic hydroxyl groups excluding tert-OH is 1. The van der Waals surface area contributed by atoms with Gasteiger partial charge in [-0.2, -0.15) is 0 Å². The maximum Gasteiger partial charge on any atom is 0.301 e. The van der Waals surface area contributed by atoms with Crippen molar-refractivity contribution in [1.29, 1.82) is 0 Å². The van der Waals surface area contributed by atoms with Gasteiger partial charge in [0.1, 0.15) is 23.1 Å². The molecule has 0 spiro atoms. The zero-order chi connectivity index (χ0) is 26.8. The van der Waals surface area contributed by atoms with Crippen LogP contribution in [-0.4, -0.2) is 27.0 Å². The topological polar surface area (TPSA) is 92.6 Å². The van der Waals surface area contributed by atoms with Gasteiger partial charge in [-0.05, 0) is 66.8 Å². The standard InChI is InChI=1S/C30H27N3O4S/c1-4-20-9-11-21(12-10-20)26-25(28(35)29(36)33(26)30-32-31-19(3)38-30)27(34)22-13-15-24(16-14-22)37-17-23-8-6-5-7-18(23)2/h5-16,26,34H,4,17H2,1-3H3. The van der Waals surface area contributed by atoms with Crippen molar-refractivity contribution >= 4 is 33.9 Å². The van der Waals surface area contributed by atoms with Gasteiger partial charge < -0.3 is 9.84 Å². The van der Waals surface area contributed by atoms with Gasteiger partial charge in [0.2, 0.25) is 5.13 Å². The summed E-state index contributed by atoms with van der Waals surface area (Å²) in [5.74, 6) is -1.13. The zero-order valence-corrected chi connectivity index (χ0v) is 22.2. The lowest BCUT2D eigenvalue weighted by atomic mass is 9.94. The average molecular weight is 526 g/mol. The summed E-state index contributed by atoms with van der Waals surface area (Å²) in [5, 5.41) is 20.5. The highest BCUT2D eigenvalue weighted by atomic mass is 32.1. The maximum atomic E-state index is 13.3. The fourth-order valence-electron chi connectivity index (χ4n) is 4.46. The predicted molar refractivity (Wildman–Crippen MR) is 147 cm³/mol. The van der Waals surface area contributed by atoms with Crippen LogP contribution in [0, 0.1) is 13.8 Å². The Bertz CT molecular complexity index is 1520. The molecule has 3 aromatic carbocycles. The summed E-state index contributed by atoms with van der Waals surface area (Å²) in [6, 6.07) is 21.7. The molecule has 1 atom stereocenters. The fourth-order valence-corrected chi connectivity index (χ4v) is 5.18. The second-order valence-corrected chi connectivity index (χ2v) is 10.3. The highest BCUT2D eigenvalue weighted by Gasteiger charge is 2.48. The average Bonchev–Trinajstić information content (AvgIpc) is 3.48. The first kappa shape index (κ1) is 25.4. The van der Waals surface area contributed by atoms with E-state index in [4.69, 9.17) is 4.74 Å². The molecule has 1 amide bonds. The van der Waals surface area contributed by atoms with E-state index in [9.17, 15) is 14.7 Å². The summed E-state index contributed by atoms with van der Waals surface area (Å²) in [4.78, 5) is 27.9. The van der Waals surface area contributed by atoms with Crippen molar-refractivity contribution in [3.05, 3.63) is 111 Å². The third-order valence-electron chi connectivity index (χ3n) is 6.65. The summed E-state index contributed by atoms with van der Waals surface area (Å²) >= 11 is 1.22. The molecule has 5 rings (SSSR count). The lowest BCUT2D eigenvalue weighted by molar-refractivity contribution is -0.132. The maximum absolute atomic E-state index is 13.3. The number of anilines is 1. The van der Waals surface area contributed by atoms with Crippen LogP contribution >= 0.6 is 11.3 Å². The molecule has 0 saturated carbocycles. The first-order valence-electron chi connectivity index (χ1n) is 12.3. The predicted octanol–water partition coefficient (Wildman–Crippen LogP) is 5.92. The summed E-state index contributed by atoms with van der Waals surface area (Å²) in [7, 11) is 0. The van der Waals surface area contributed by atoms with Gasteiger partial charge in [-0.1, -0.05) is 66.8 Å². The van der Waals surface area contributed by atoms with Crippen LogP contribution in [0.1, 0.15) is 45.8 Å². The third-order valence-corrected chi connectivity index (χ3v) is 7.49. The number of hydrogen-bond acceptors (Lipinski definition) is 7. The van der Waals surface area contributed by atoms with E-state index >= 15 is 0 Å². The number of carbonyl (C=O) groups excluding carboxylic acids is 2. The molecular formula is C30H27N3O4S. The van der Waals surface area contributed by atoms with Crippen molar-refractivity contribution < 1.29 is 19.4 Å². The minimum absolute atomic E-state index is 0.0145. The van der Waals surface area contributed by atoms with Crippen LogP contribution in [0.15, 0.2) is 78.4 Å². The van der Waals surface area contributed by atoms with Crippen LogP contribution in [0.25, 0.3) is 5.76 Å². The zero-order valence-electron chi connectivity index (χ0n) is 21.3. The number of aromatic nitrogens is 2. The number of nitrogens with zero attached hydrogens (tertiary/aromatic N) is 3. The smallest absolute Gasteiger partial charge is 0.301 e. The third kappa shape index (κ3) is 4.82. The second-order valence-electron chi connectivity index (χ2n) is 9.11. The van der Waals surface area contributed by atoms with Crippen molar-refractivity contribution in [2.75, 3.05) is 4.90 Å². The minimum atomic E-state index is -0.828. The Morgan fingerprint density at radius 2 is 1.68 bits per heavy atom. The lowest BCUT2D eigenvalue weighted by Gasteiger charge is -2.22. The number of amides is 1. The Kier molecular flexibility index (Phi) is 7.07. The molecule has 1 N–H and O–H groups in total. The number of ketones is 1. The number of rotatable bonds is 7. The Morgan fingerprint density at radius 1 is 0.974 bits per heavy atom. The van der Waals surface area contributed by atoms with Crippen LogP contribution in [0.4, 0.5) is 5.13 Å². The Hall–Kier alpha value is -4.30. The van der Waals surface area contributed by atoms with Gasteiger partial charge in [0.25, 0.3) is 5.78 Å². The number of carbonyl (C=O) groups is 2. The van der Waals surface area contributed by atoms with E-state index in [1.807, 2.05) is 55.5 Å². The molecule has 0 radical (unpaired) electrons. The molecule has 7 nitrogen and oxygen atoms in total. The first-order valence-corrected chi connectivity index (χ1v) is 13.2. The van der Waals surface area contributed by atoms with Gasteiger partial charge in [0.05, 0.1) is 11.6 Å². The molecule has 1 saturated heterocycles. The molecule has 8 heteroatoms. The molecule has 192 valence electrons. The Balaban J connectivity index is 1.50. The van der Waals surface area contributed by atoms with E-state index in [2.05, 4.69) is 17.1 Å². The van der Waals surface area contributed by atoms with Crippen molar-refractivity contribution in [2.45, 2.75) is 39.8 Å². The van der Waals surface area contributed by atoms with Crippen LogP contribution in [0.3, 0.4) is 0 Å². The Morgan fingerprint density at radius 3 is 2.32 bits per heavy atom. The number of benzene rings is 3. The van der Waals surface area contributed by atoms with E-state index in [0.29, 0.717) is 33.6 Å². The normalized spacial score (nSPS) is 16.7. The molecule has 1 aromatic heterocycles. The number of aryl methyl sites for hydroxylation is 3. The summed E-state index contributed by atoms with van der Waals surface area (Å²) in [6.07, 6.45) is 0.855. The molecule has 4 aromatic rings. The van der Waals surface area contributed by atoms with Crippen molar-refractivity contribution in [1.82, 2.24) is 10.2 Å². The summed E-state index contributed by atoms with van der Waals surface area (Å²) in [5.41, 5.74) is 4.48. The first-order chi connectivity index (χ1) is 18.4. The van der Waals surface area contributed by atoms with Gasteiger partial charge in [0, 0.05) is 5.56 Å². The molecule has 1 aliphatic rings. The molecule has 0 aliphatic carbocycles. The SMILES string of the molecule is CCc1ccc(C2C(=C(O)c3ccc(OCc4ccccc4C)cc3)C(=O)C(=O)N2c2nnc(C)s2)cc1. The highest BCUT2D eigenvalue weighted by Crippen LogP contribution is 2.43. The summed E-state index contributed by atoms with van der Waals surface area (Å²) in [6.45, 7) is 6.29. The van der Waals surface area contributed by atoms with Crippen molar-refractivity contribution in [2.24, 2.45) is 0 Å². The molecule has 38 heavy (non-hydrogen) atoms. The van der Waals surface area contributed by atoms with Gasteiger partial charge in [-0.25, -0.2) is 0 Å². The molecule has 0 bridgehead atoms. The molecule has 1 unspecified atom stereocenters. The monoisotopic (exact) mass is 525 g/mol. The molecule has 1 aliphatic heterocycles. The van der Waals surface area contributed by atoms with Gasteiger partial charge in [-0.15, -0.1) is 10.2 Å². The largest absolute Gasteiger partial charge is 0.507 e. The van der Waals surface area contributed by atoms with E-state index in [-0.39, 0.29) is 11.3 Å². The van der Waals surface area contributed by atoms with Crippen LogP contribution in [0.5, 0.6) is 5.75 Å². The second kappa shape index (κ2) is 10.6. The lowest BCUT2D eigenvalue weighted by Crippen LogP contribution is -2.29. The number of Topliss-reactive ketones (excluding diaryl/α,β-unsaturated/α-hetero) is 1. The van der Waals surface area contributed by atoms with Crippen molar-refractivity contribution in [3.63, 3.8) is 0 Å². The number of ether oxygens (including phenoxy) is 1. The van der Waals surface area contributed by atoms with Crippen molar-refractivity contribution in [3.8, 4) is 5.75 Å². The molecule has 1 fully saturated rings. The molecular weight excluding hydrogens is 498 g/mol. The quantitative estimate of drug-likeness (QED) is 0.183. The van der Waals surface area contributed by atoms with Crippen LogP contribution < -0.4 is 9.64 Å². The fraction of sp³-hybridized carbons (Fsp3) is 0.200. The number of aliphatic hydroxyl groups is 1. The highest BCUT2D eigenvalue weighted by molar-refractivity contribution is 7.15. The van der Waals surface area contributed by atoms with E-state index in [0.717, 1.165) is 23.1 Å². The minimum Gasteiger partial charge on any atom is -0.507 e. The van der Waals surface area contributed by atoms with E-state index in [1.165, 1.54) is 16.2 Å². The van der Waals surface area contributed by atoms with Gasteiger partial charge in [0.15, 0.2) is 0 Å². The van der Waals surface area contributed by atoms with E-state index < -0.39 is 17.7 Å². The van der Waals surface area contributed by atoms with Gasteiger partial charge in [-0.3, -0.25) is 14.5 Å². The van der Waals surface area contributed by atoms with Gasteiger partial charge >= 0.3 is 5.91 Å². The number of hydrogen-bond donors (Lipinski definition) is 1. The summed E-state index contributed by atoms with van der Waals surface area (Å²) < 4.78 is 5.92.